The van der Waals surface area contributed by atoms with Gasteiger partial charge in [0.15, 0.2) is 9.50 Å². The van der Waals surface area contributed by atoms with E-state index in [1.165, 1.54) is 27.9 Å². The van der Waals surface area contributed by atoms with Crippen LogP contribution in [-0.2, 0) is 0 Å². The molecular formula is C17H13N5OS2. The van der Waals surface area contributed by atoms with Crippen molar-refractivity contribution < 1.29 is 0 Å². The van der Waals surface area contributed by atoms with E-state index in [1.54, 1.807) is 12.3 Å². The summed E-state index contributed by atoms with van der Waals surface area (Å²) in [5.74, 6) is 1.25. The lowest BCUT2D eigenvalue weighted by Crippen LogP contribution is -2.22. The van der Waals surface area contributed by atoms with Crippen LogP contribution in [-0.4, -0.2) is 23.9 Å². The van der Waals surface area contributed by atoms with Gasteiger partial charge in [0, 0.05) is 6.20 Å². The van der Waals surface area contributed by atoms with Gasteiger partial charge in [-0.15, -0.1) is 0 Å². The van der Waals surface area contributed by atoms with Crippen LogP contribution in [0.15, 0.2) is 56.9 Å². The summed E-state index contributed by atoms with van der Waals surface area (Å²) in [5, 5.41) is 1.08. The van der Waals surface area contributed by atoms with Crippen molar-refractivity contribution in [2.45, 2.75) is 23.3 Å². The molecule has 8 heteroatoms. The summed E-state index contributed by atoms with van der Waals surface area (Å²) in [6.07, 6.45) is 1.69. The zero-order chi connectivity index (χ0) is 17.4. The van der Waals surface area contributed by atoms with Gasteiger partial charge >= 0.3 is 0 Å². The number of aryl methyl sites for hydroxylation is 2. The highest BCUT2D eigenvalue weighted by molar-refractivity contribution is 8.00. The summed E-state index contributed by atoms with van der Waals surface area (Å²) < 4.78 is 6.47. The van der Waals surface area contributed by atoms with Crippen LogP contribution in [0.3, 0.4) is 0 Å². The Morgan fingerprint density at radius 3 is 2.72 bits per heavy atom. The van der Waals surface area contributed by atoms with Crippen molar-refractivity contribution in [2.75, 3.05) is 0 Å². The van der Waals surface area contributed by atoms with Gasteiger partial charge in [-0.2, -0.15) is 4.37 Å². The van der Waals surface area contributed by atoms with Gasteiger partial charge in [-0.3, -0.25) is 4.79 Å². The molecule has 0 fully saturated rings. The van der Waals surface area contributed by atoms with Gasteiger partial charge in [0.25, 0.3) is 5.56 Å². The minimum atomic E-state index is -0.146. The third-order valence-electron chi connectivity index (χ3n) is 3.56. The lowest BCUT2D eigenvalue weighted by molar-refractivity contribution is 0.794. The van der Waals surface area contributed by atoms with Crippen LogP contribution in [0.25, 0.3) is 16.7 Å². The SMILES string of the molecule is Cc1ccnc(-n2c(Sc3nc(C)ns3)nc3ccccc3c2=O)c1. The Hall–Kier alpha value is -2.58. The number of nitrogens with zero attached hydrogens (tertiary/aromatic N) is 5. The normalized spacial score (nSPS) is 11.1. The molecule has 3 aromatic heterocycles. The lowest BCUT2D eigenvalue weighted by atomic mass is 10.2. The highest BCUT2D eigenvalue weighted by Crippen LogP contribution is 2.29. The number of fused-ring (bicyclic) bond motifs is 1. The fraction of sp³-hybridized carbons (Fsp3) is 0.118. The van der Waals surface area contributed by atoms with Crippen LogP contribution in [0, 0.1) is 13.8 Å². The molecule has 0 bridgehead atoms. The standard InChI is InChI=1S/C17H13N5OS2/c1-10-7-8-18-14(9-10)22-15(23)12-5-3-4-6-13(12)20-16(22)24-17-19-11(2)21-25-17/h3-9H,1-2H3. The average molecular weight is 367 g/mol. The molecule has 3 heterocycles. The van der Waals surface area contributed by atoms with E-state index in [9.17, 15) is 4.79 Å². The maximum Gasteiger partial charge on any atom is 0.267 e. The molecule has 0 N–H and O–H groups in total. The first-order chi connectivity index (χ1) is 12.1. The number of hydrogen-bond acceptors (Lipinski definition) is 7. The van der Waals surface area contributed by atoms with Crippen molar-refractivity contribution >= 4 is 34.2 Å². The molecule has 0 unspecified atom stereocenters. The van der Waals surface area contributed by atoms with Crippen molar-refractivity contribution in [1.82, 2.24) is 23.9 Å². The predicted molar refractivity (Wildman–Crippen MR) is 98.6 cm³/mol. The minimum absolute atomic E-state index is 0.146. The van der Waals surface area contributed by atoms with Crippen molar-refractivity contribution in [3.8, 4) is 5.82 Å². The highest BCUT2D eigenvalue weighted by Gasteiger charge is 2.16. The minimum Gasteiger partial charge on any atom is -0.268 e. The van der Waals surface area contributed by atoms with E-state index < -0.39 is 0 Å². The topological polar surface area (TPSA) is 73.6 Å². The molecule has 0 radical (unpaired) electrons. The molecule has 0 aliphatic heterocycles. The van der Waals surface area contributed by atoms with Gasteiger partial charge in [0.05, 0.1) is 10.9 Å². The number of rotatable bonds is 3. The largest absolute Gasteiger partial charge is 0.268 e. The first-order valence-corrected chi connectivity index (χ1v) is 9.14. The van der Waals surface area contributed by atoms with E-state index in [0.717, 1.165) is 9.90 Å². The number of benzene rings is 1. The molecule has 4 aromatic rings. The van der Waals surface area contributed by atoms with Crippen LogP contribution in [0.4, 0.5) is 0 Å². The Labute approximate surface area is 151 Å². The van der Waals surface area contributed by atoms with Crippen molar-refractivity contribution in [2.24, 2.45) is 0 Å². The van der Waals surface area contributed by atoms with Crippen LogP contribution in [0.1, 0.15) is 11.4 Å². The number of para-hydroxylation sites is 1. The Balaban J connectivity index is 1.98. The van der Waals surface area contributed by atoms with E-state index >= 15 is 0 Å². The molecule has 25 heavy (non-hydrogen) atoms. The maximum absolute atomic E-state index is 13.1. The second-order valence-corrected chi connectivity index (χ2v) is 7.42. The van der Waals surface area contributed by atoms with Crippen molar-refractivity contribution in [3.05, 3.63) is 64.3 Å². The Kier molecular flexibility index (Phi) is 4.06. The second kappa shape index (κ2) is 6.38. The third kappa shape index (κ3) is 3.06. The van der Waals surface area contributed by atoms with Gasteiger partial charge in [0.1, 0.15) is 11.6 Å². The van der Waals surface area contributed by atoms with E-state index in [1.807, 2.05) is 44.2 Å². The molecule has 0 atom stereocenters. The summed E-state index contributed by atoms with van der Waals surface area (Å²) in [7, 11) is 0. The van der Waals surface area contributed by atoms with E-state index in [2.05, 4.69) is 19.3 Å². The first kappa shape index (κ1) is 15.9. The number of pyridine rings is 1. The number of hydrogen-bond donors (Lipinski definition) is 0. The molecule has 1 aromatic carbocycles. The molecule has 0 aliphatic rings. The zero-order valence-electron chi connectivity index (χ0n) is 13.5. The fourth-order valence-electron chi connectivity index (χ4n) is 2.42. The van der Waals surface area contributed by atoms with E-state index in [4.69, 9.17) is 0 Å². The Morgan fingerprint density at radius 2 is 1.96 bits per heavy atom. The molecule has 124 valence electrons. The third-order valence-corrected chi connectivity index (χ3v) is 5.36. The Morgan fingerprint density at radius 1 is 1.12 bits per heavy atom. The highest BCUT2D eigenvalue weighted by atomic mass is 32.2. The van der Waals surface area contributed by atoms with Crippen LogP contribution in [0.5, 0.6) is 0 Å². The maximum atomic E-state index is 13.1. The average Bonchev–Trinajstić information content (AvgIpc) is 3.00. The van der Waals surface area contributed by atoms with Crippen LogP contribution < -0.4 is 5.56 Å². The molecular weight excluding hydrogens is 354 g/mol. The summed E-state index contributed by atoms with van der Waals surface area (Å²) in [6.45, 7) is 3.80. The molecule has 0 saturated heterocycles. The Bertz CT molecular complexity index is 1140. The molecule has 0 amide bonds. The summed E-state index contributed by atoms with van der Waals surface area (Å²) in [4.78, 5) is 26.5. The van der Waals surface area contributed by atoms with Crippen LogP contribution in [0.2, 0.25) is 0 Å². The van der Waals surface area contributed by atoms with Crippen molar-refractivity contribution in [1.29, 1.82) is 0 Å². The van der Waals surface area contributed by atoms with Gasteiger partial charge in [0.2, 0.25) is 0 Å². The molecule has 4 rings (SSSR count). The molecule has 6 nitrogen and oxygen atoms in total. The predicted octanol–water partition coefficient (Wildman–Crippen LogP) is 3.40. The lowest BCUT2D eigenvalue weighted by Gasteiger charge is -2.11. The monoisotopic (exact) mass is 367 g/mol. The second-order valence-electron chi connectivity index (χ2n) is 5.45. The number of aromatic nitrogens is 5. The molecule has 0 aliphatic carbocycles. The quantitative estimate of drug-likeness (QED) is 0.517. The summed E-state index contributed by atoms with van der Waals surface area (Å²) >= 11 is 2.61. The molecule has 0 spiro atoms. The summed E-state index contributed by atoms with van der Waals surface area (Å²) in [6, 6.07) is 11.1. The van der Waals surface area contributed by atoms with Gasteiger partial charge in [-0.1, -0.05) is 12.1 Å². The van der Waals surface area contributed by atoms with Gasteiger partial charge in [-0.05, 0) is 67.0 Å². The van der Waals surface area contributed by atoms with Crippen molar-refractivity contribution in [3.63, 3.8) is 0 Å². The fourth-order valence-corrected chi connectivity index (χ4v) is 4.08. The first-order valence-electron chi connectivity index (χ1n) is 7.55. The van der Waals surface area contributed by atoms with E-state index in [-0.39, 0.29) is 5.56 Å². The van der Waals surface area contributed by atoms with Gasteiger partial charge < -0.3 is 0 Å². The zero-order valence-corrected chi connectivity index (χ0v) is 15.1. The smallest absolute Gasteiger partial charge is 0.267 e. The summed E-state index contributed by atoms with van der Waals surface area (Å²) in [5.41, 5.74) is 1.53. The van der Waals surface area contributed by atoms with Crippen LogP contribution >= 0.6 is 23.3 Å². The van der Waals surface area contributed by atoms with Gasteiger partial charge in [-0.25, -0.2) is 19.5 Å². The van der Waals surface area contributed by atoms with E-state index in [0.29, 0.717) is 27.7 Å². The molecule has 0 saturated carbocycles.